The van der Waals surface area contributed by atoms with Gasteiger partial charge in [-0.05, 0) is 63.4 Å². The third-order valence-electron chi connectivity index (χ3n) is 8.16. The maximum Gasteiger partial charge on any atom is 0.254 e. The lowest BCUT2D eigenvalue weighted by Crippen LogP contribution is -2.42. The zero-order chi connectivity index (χ0) is 29.1. The molecule has 2 amide bonds. The normalized spacial score (nSPS) is 16.7. The molecule has 5 nitrogen and oxygen atoms in total. The van der Waals surface area contributed by atoms with E-state index in [1.807, 2.05) is 69.3 Å². The lowest BCUT2D eigenvalue weighted by molar-refractivity contribution is -0.113. The summed E-state index contributed by atoms with van der Waals surface area (Å²) in [5.74, 6) is -1.16. The van der Waals surface area contributed by atoms with Gasteiger partial charge in [0, 0.05) is 34.5 Å². The molecule has 41 heavy (non-hydrogen) atoms. The summed E-state index contributed by atoms with van der Waals surface area (Å²) in [6, 6.07) is 22.6. The highest BCUT2D eigenvalue weighted by molar-refractivity contribution is 6.34. The first-order valence-corrected chi connectivity index (χ1v) is 14.9. The lowest BCUT2D eigenvalue weighted by atomic mass is 9.77. The van der Waals surface area contributed by atoms with Gasteiger partial charge in [0.1, 0.15) is 0 Å². The summed E-state index contributed by atoms with van der Waals surface area (Å²) in [5.41, 5.74) is 5.81. The van der Waals surface area contributed by atoms with Crippen molar-refractivity contribution >= 4 is 46.4 Å². The molecule has 1 aliphatic heterocycles. The number of benzene rings is 3. The van der Waals surface area contributed by atoms with Gasteiger partial charge in [0.05, 0.1) is 21.4 Å². The number of amides is 2. The summed E-state index contributed by atoms with van der Waals surface area (Å²) in [7, 11) is 0. The number of allylic oxidation sites excluding steroid dienone is 2. The van der Waals surface area contributed by atoms with Crippen LogP contribution in [-0.2, 0) is 9.59 Å². The zero-order valence-corrected chi connectivity index (χ0v) is 25.1. The van der Waals surface area contributed by atoms with Crippen LogP contribution in [0.3, 0.4) is 0 Å². The first kappa shape index (κ1) is 29.0. The quantitative estimate of drug-likeness (QED) is 0.302. The molecule has 212 valence electrons. The molecule has 1 aliphatic carbocycles. The number of carbonyl (C=O) groups excluding carboxylic acids is 2. The topological polar surface area (TPSA) is 61.4 Å². The smallest absolute Gasteiger partial charge is 0.254 e. The van der Waals surface area contributed by atoms with Gasteiger partial charge in [-0.1, -0.05) is 96.6 Å². The average Bonchev–Trinajstić information content (AvgIpc) is 2.96. The molecule has 0 saturated heterocycles. The number of hydrogen-bond donors (Lipinski definition) is 2. The van der Waals surface area contributed by atoms with Gasteiger partial charge in [-0.25, -0.2) is 0 Å². The molecule has 3 aromatic rings. The van der Waals surface area contributed by atoms with Crippen molar-refractivity contribution in [3.8, 4) is 0 Å². The fourth-order valence-electron chi connectivity index (χ4n) is 6.15. The molecule has 0 unspecified atom stereocenters. The minimum atomic E-state index is -0.597. The van der Waals surface area contributed by atoms with Gasteiger partial charge in [0.2, 0.25) is 0 Å². The van der Waals surface area contributed by atoms with Crippen LogP contribution in [0.15, 0.2) is 95.3 Å². The minimum Gasteiger partial charge on any atom is -0.345 e. The van der Waals surface area contributed by atoms with E-state index in [0.717, 1.165) is 48.2 Å². The maximum atomic E-state index is 14.3. The molecule has 1 fully saturated rings. The van der Waals surface area contributed by atoms with E-state index in [9.17, 15) is 9.59 Å². The first-order valence-electron chi connectivity index (χ1n) is 14.2. The Hall–Kier alpha value is -3.54. The fraction of sp³-hybridized carbons (Fsp3) is 0.294. The molecule has 0 atom stereocenters. The Morgan fingerprint density at radius 1 is 0.683 bits per heavy atom. The van der Waals surface area contributed by atoms with Gasteiger partial charge in [0.15, 0.2) is 0 Å². The van der Waals surface area contributed by atoms with Gasteiger partial charge in [0.25, 0.3) is 11.8 Å². The monoisotopic (exact) mass is 587 g/mol. The number of carbonyl (C=O) groups is 2. The van der Waals surface area contributed by atoms with Crippen LogP contribution >= 0.6 is 23.2 Å². The third-order valence-corrected chi connectivity index (χ3v) is 8.82. The molecular formula is C34H35Cl2N3O2. The van der Waals surface area contributed by atoms with E-state index in [2.05, 4.69) is 15.5 Å². The summed E-state index contributed by atoms with van der Waals surface area (Å²) in [4.78, 5) is 30.8. The Balaban J connectivity index is 1.67. The molecule has 0 bridgehead atoms. The molecule has 3 aromatic carbocycles. The molecule has 0 spiro atoms. The Labute approximate surface area is 252 Å². The predicted octanol–water partition coefficient (Wildman–Crippen LogP) is 8.86. The second-order valence-corrected chi connectivity index (χ2v) is 11.7. The van der Waals surface area contributed by atoms with E-state index in [1.165, 1.54) is 6.42 Å². The second kappa shape index (κ2) is 12.5. The van der Waals surface area contributed by atoms with Crippen molar-refractivity contribution in [2.24, 2.45) is 0 Å². The van der Waals surface area contributed by atoms with Crippen molar-refractivity contribution < 1.29 is 9.59 Å². The van der Waals surface area contributed by atoms with E-state index < -0.39 is 5.92 Å². The van der Waals surface area contributed by atoms with Crippen LogP contribution in [0.4, 0.5) is 11.4 Å². The Bertz CT molecular complexity index is 1440. The zero-order valence-electron chi connectivity index (χ0n) is 23.6. The number of halogens is 2. The average molecular weight is 589 g/mol. The molecule has 5 rings (SSSR count). The van der Waals surface area contributed by atoms with Crippen LogP contribution in [-0.4, -0.2) is 22.8 Å². The fourth-order valence-corrected chi connectivity index (χ4v) is 6.51. The molecule has 0 aromatic heterocycles. The second-order valence-electron chi connectivity index (χ2n) is 10.9. The molecular weight excluding hydrogens is 553 g/mol. The van der Waals surface area contributed by atoms with Crippen LogP contribution in [0.5, 0.6) is 0 Å². The van der Waals surface area contributed by atoms with Crippen molar-refractivity contribution in [3.05, 3.63) is 117 Å². The predicted molar refractivity (Wildman–Crippen MR) is 168 cm³/mol. The third kappa shape index (κ3) is 6.07. The molecule has 2 N–H and O–H groups in total. The summed E-state index contributed by atoms with van der Waals surface area (Å²) in [6.45, 7) is 6.03. The minimum absolute atomic E-state index is 0.203. The van der Waals surface area contributed by atoms with E-state index >= 15 is 0 Å². The Morgan fingerprint density at radius 3 is 1.61 bits per heavy atom. The molecule has 1 saturated carbocycles. The van der Waals surface area contributed by atoms with Crippen molar-refractivity contribution in [1.82, 2.24) is 4.90 Å². The number of nitrogens with one attached hydrogen (secondary N) is 2. The van der Waals surface area contributed by atoms with Crippen molar-refractivity contribution in [1.29, 1.82) is 0 Å². The van der Waals surface area contributed by atoms with E-state index in [0.29, 0.717) is 32.6 Å². The number of hydrogen-bond acceptors (Lipinski definition) is 3. The largest absolute Gasteiger partial charge is 0.345 e. The van der Waals surface area contributed by atoms with Crippen LogP contribution in [0.2, 0.25) is 10.0 Å². The van der Waals surface area contributed by atoms with E-state index in [-0.39, 0.29) is 17.9 Å². The van der Waals surface area contributed by atoms with Gasteiger partial charge in [-0.2, -0.15) is 0 Å². The summed E-state index contributed by atoms with van der Waals surface area (Å²) < 4.78 is 0. The molecule has 2 aliphatic rings. The highest BCUT2D eigenvalue weighted by atomic mass is 35.5. The SMILES string of the molecule is CC1=C(C(=O)Nc2ccccc2Cl)C(c2ccc(C)cc2)C(C(=O)Nc2ccccc2Cl)=C(C)N1C1CCCCC1. The summed E-state index contributed by atoms with van der Waals surface area (Å²) in [5, 5.41) is 7.00. The number of aryl methyl sites for hydroxylation is 1. The molecule has 7 heteroatoms. The standard InChI is InChI=1S/C34H35Cl2N3O2/c1-21-17-19-24(20-18-21)32-30(33(40)37-28-15-9-7-13-26(28)35)22(2)39(25-11-5-4-6-12-25)23(3)31(32)34(41)38-29-16-10-8-14-27(29)36/h7-10,13-20,25,32H,4-6,11-12H2,1-3H3,(H,37,40)(H,38,41). The molecule has 0 radical (unpaired) electrons. The van der Waals surface area contributed by atoms with E-state index in [4.69, 9.17) is 23.2 Å². The Morgan fingerprint density at radius 2 is 1.15 bits per heavy atom. The van der Waals surface area contributed by atoms with Gasteiger partial charge >= 0.3 is 0 Å². The highest BCUT2D eigenvalue weighted by Gasteiger charge is 2.41. The summed E-state index contributed by atoms with van der Waals surface area (Å²) in [6.07, 6.45) is 5.43. The number of rotatable bonds is 6. The van der Waals surface area contributed by atoms with Crippen molar-refractivity contribution in [2.75, 3.05) is 10.6 Å². The Kier molecular flexibility index (Phi) is 8.86. The van der Waals surface area contributed by atoms with Gasteiger partial charge < -0.3 is 15.5 Å². The van der Waals surface area contributed by atoms with Crippen molar-refractivity contribution in [2.45, 2.75) is 64.8 Å². The van der Waals surface area contributed by atoms with Gasteiger partial charge in [-0.15, -0.1) is 0 Å². The van der Waals surface area contributed by atoms with Crippen LogP contribution in [0.1, 0.15) is 63.0 Å². The van der Waals surface area contributed by atoms with Crippen molar-refractivity contribution in [3.63, 3.8) is 0 Å². The number of para-hydroxylation sites is 2. The number of nitrogens with zero attached hydrogens (tertiary/aromatic N) is 1. The number of anilines is 2. The van der Waals surface area contributed by atoms with E-state index in [1.54, 1.807) is 24.3 Å². The highest BCUT2D eigenvalue weighted by Crippen LogP contribution is 2.45. The lowest BCUT2D eigenvalue weighted by Gasteiger charge is -2.44. The summed E-state index contributed by atoms with van der Waals surface area (Å²) >= 11 is 12.9. The first-order chi connectivity index (χ1) is 19.8. The van der Waals surface area contributed by atoms with Crippen LogP contribution < -0.4 is 10.6 Å². The molecule has 1 heterocycles. The maximum absolute atomic E-state index is 14.3. The van der Waals surface area contributed by atoms with Crippen LogP contribution in [0, 0.1) is 6.92 Å². The van der Waals surface area contributed by atoms with Gasteiger partial charge in [-0.3, -0.25) is 9.59 Å². The van der Waals surface area contributed by atoms with Crippen LogP contribution in [0.25, 0.3) is 0 Å².